The molecule has 0 atom stereocenters. The van der Waals surface area contributed by atoms with Crippen LogP contribution in [0.1, 0.15) is 4.88 Å². The van der Waals surface area contributed by atoms with Crippen LogP contribution < -0.4 is 4.72 Å². The third kappa shape index (κ3) is 2.80. The van der Waals surface area contributed by atoms with E-state index in [1.165, 1.54) is 11.3 Å². The highest BCUT2D eigenvalue weighted by Crippen LogP contribution is 2.26. The van der Waals surface area contributed by atoms with Crippen molar-refractivity contribution in [1.29, 1.82) is 0 Å². The normalized spacial score (nSPS) is 11.5. The minimum absolute atomic E-state index is 0.171. The molecule has 0 aliphatic heterocycles. The molecule has 0 saturated carbocycles. The SMILES string of the molecule is Cc1cnc(NS(=O)(=O)c2ccc(F)cc2Cl)s1. The van der Waals surface area contributed by atoms with E-state index in [1.807, 2.05) is 0 Å². The molecule has 0 radical (unpaired) electrons. The van der Waals surface area contributed by atoms with Crippen LogP contribution in [0, 0.1) is 12.7 Å². The first kappa shape index (κ1) is 13.3. The highest BCUT2D eigenvalue weighted by atomic mass is 35.5. The van der Waals surface area contributed by atoms with Crippen LogP contribution in [0.5, 0.6) is 0 Å². The summed E-state index contributed by atoms with van der Waals surface area (Å²) in [5.74, 6) is -0.593. The average Bonchev–Trinajstić information content (AvgIpc) is 2.62. The second-order valence-electron chi connectivity index (χ2n) is 3.46. The van der Waals surface area contributed by atoms with Gasteiger partial charge in [0.1, 0.15) is 10.7 Å². The van der Waals surface area contributed by atoms with Gasteiger partial charge in [-0.15, -0.1) is 11.3 Å². The molecule has 18 heavy (non-hydrogen) atoms. The predicted octanol–water partition coefficient (Wildman–Crippen LogP) is 3.04. The summed E-state index contributed by atoms with van der Waals surface area (Å²) in [4.78, 5) is 4.58. The fraction of sp³-hybridized carbons (Fsp3) is 0.100. The summed E-state index contributed by atoms with van der Waals surface area (Å²) in [6.45, 7) is 1.81. The number of hydrogen-bond acceptors (Lipinski definition) is 4. The summed E-state index contributed by atoms with van der Waals surface area (Å²) < 4.78 is 39.1. The largest absolute Gasteiger partial charge is 0.265 e. The summed E-state index contributed by atoms with van der Waals surface area (Å²) in [6, 6.07) is 3.09. The fourth-order valence-corrected chi connectivity index (χ4v) is 3.70. The predicted molar refractivity (Wildman–Crippen MR) is 69.1 cm³/mol. The molecule has 8 heteroatoms. The third-order valence-corrected chi connectivity index (χ3v) is 4.81. The van der Waals surface area contributed by atoms with Crippen molar-refractivity contribution in [1.82, 2.24) is 4.98 Å². The van der Waals surface area contributed by atoms with Crippen LogP contribution >= 0.6 is 22.9 Å². The molecule has 0 saturated heterocycles. The zero-order valence-corrected chi connectivity index (χ0v) is 11.5. The van der Waals surface area contributed by atoms with Crippen LogP contribution in [0.3, 0.4) is 0 Å². The molecule has 0 unspecified atom stereocenters. The van der Waals surface area contributed by atoms with Gasteiger partial charge in [0.25, 0.3) is 10.0 Å². The number of nitrogens with one attached hydrogen (secondary N) is 1. The molecule has 2 rings (SSSR count). The van der Waals surface area contributed by atoms with Gasteiger partial charge in [0.2, 0.25) is 0 Å². The number of halogens is 2. The van der Waals surface area contributed by atoms with Crippen molar-refractivity contribution in [3.63, 3.8) is 0 Å². The molecule has 1 N–H and O–H groups in total. The smallest absolute Gasteiger partial charge is 0.255 e. The lowest BCUT2D eigenvalue weighted by molar-refractivity contribution is 0.599. The maximum atomic E-state index is 12.9. The topological polar surface area (TPSA) is 59.1 Å². The average molecular weight is 307 g/mol. The Labute approximate surface area is 112 Å². The number of rotatable bonds is 3. The molecule has 0 fully saturated rings. The number of nitrogens with zero attached hydrogens (tertiary/aromatic N) is 1. The minimum atomic E-state index is -3.85. The van der Waals surface area contributed by atoms with Crippen LogP contribution in [0.15, 0.2) is 29.3 Å². The van der Waals surface area contributed by atoms with Gasteiger partial charge >= 0.3 is 0 Å². The summed E-state index contributed by atoms with van der Waals surface area (Å²) in [5.41, 5.74) is 0. The molecule has 1 aromatic carbocycles. The van der Waals surface area contributed by atoms with E-state index in [1.54, 1.807) is 13.1 Å². The van der Waals surface area contributed by atoms with Crippen molar-refractivity contribution in [2.75, 3.05) is 4.72 Å². The number of aryl methyl sites for hydroxylation is 1. The van der Waals surface area contributed by atoms with E-state index in [2.05, 4.69) is 9.71 Å². The van der Waals surface area contributed by atoms with E-state index in [4.69, 9.17) is 11.6 Å². The van der Waals surface area contributed by atoms with Crippen molar-refractivity contribution in [3.05, 3.63) is 40.1 Å². The Morgan fingerprint density at radius 3 is 2.72 bits per heavy atom. The first-order chi connectivity index (χ1) is 8.38. The quantitative estimate of drug-likeness (QED) is 0.948. The Morgan fingerprint density at radius 1 is 1.44 bits per heavy atom. The van der Waals surface area contributed by atoms with E-state index in [9.17, 15) is 12.8 Å². The van der Waals surface area contributed by atoms with Crippen molar-refractivity contribution in [2.45, 2.75) is 11.8 Å². The van der Waals surface area contributed by atoms with E-state index in [-0.39, 0.29) is 15.0 Å². The highest BCUT2D eigenvalue weighted by molar-refractivity contribution is 7.93. The Morgan fingerprint density at radius 2 is 2.17 bits per heavy atom. The van der Waals surface area contributed by atoms with Gasteiger partial charge in [-0.3, -0.25) is 4.72 Å². The maximum absolute atomic E-state index is 12.9. The van der Waals surface area contributed by atoms with E-state index >= 15 is 0 Å². The molecule has 0 bridgehead atoms. The monoisotopic (exact) mass is 306 g/mol. The molecule has 0 aliphatic carbocycles. The number of thiazole rings is 1. The Bertz CT molecular complexity index is 685. The second kappa shape index (κ2) is 4.83. The van der Waals surface area contributed by atoms with Gasteiger partial charge in [-0.25, -0.2) is 17.8 Å². The molecule has 2 aromatic rings. The summed E-state index contributed by atoms with van der Waals surface area (Å²) >= 11 is 6.91. The van der Waals surface area contributed by atoms with Gasteiger partial charge in [0, 0.05) is 11.1 Å². The van der Waals surface area contributed by atoms with Crippen LogP contribution in [-0.4, -0.2) is 13.4 Å². The Kier molecular flexibility index (Phi) is 3.56. The lowest BCUT2D eigenvalue weighted by Gasteiger charge is -2.06. The van der Waals surface area contributed by atoms with Gasteiger partial charge < -0.3 is 0 Å². The van der Waals surface area contributed by atoms with Crippen LogP contribution in [0.25, 0.3) is 0 Å². The lowest BCUT2D eigenvalue weighted by atomic mass is 10.3. The van der Waals surface area contributed by atoms with Gasteiger partial charge in [-0.2, -0.15) is 0 Å². The number of aromatic nitrogens is 1. The van der Waals surface area contributed by atoms with Gasteiger partial charge in [0.15, 0.2) is 5.13 Å². The lowest BCUT2D eigenvalue weighted by Crippen LogP contribution is -2.13. The molecule has 1 heterocycles. The van der Waals surface area contributed by atoms with E-state index in [0.29, 0.717) is 0 Å². The van der Waals surface area contributed by atoms with Crippen molar-refractivity contribution in [2.24, 2.45) is 0 Å². The molecule has 1 aromatic heterocycles. The van der Waals surface area contributed by atoms with Crippen molar-refractivity contribution >= 4 is 38.1 Å². The van der Waals surface area contributed by atoms with Gasteiger partial charge in [-0.1, -0.05) is 11.6 Å². The first-order valence-corrected chi connectivity index (χ1v) is 7.46. The standard InChI is InChI=1S/C10H8ClFN2O2S2/c1-6-5-13-10(17-6)14-18(15,16)9-3-2-7(12)4-8(9)11/h2-5H,1H3,(H,13,14). The zero-order valence-electron chi connectivity index (χ0n) is 9.15. The first-order valence-electron chi connectivity index (χ1n) is 4.79. The zero-order chi connectivity index (χ0) is 13.3. The molecule has 0 spiro atoms. The molecule has 0 aliphatic rings. The highest BCUT2D eigenvalue weighted by Gasteiger charge is 2.19. The maximum Gasteiger partial charge on any atom is 0.265 e. The van der Waals surface area contributed by atoms with Crippen LogP contribution in [-0.2, 0) is 10.0 Å². The summed E-state index contributed by atoms with van der Waals surface area (Å²) in [7, 11) is -3.85. The molecular weight excluding hydrogens is 299 g/mol. The number of benzene rings is 1. The second-order valence-corrected chi connectivity index (χ2v) is 6.75. The van der Waals surface area contributed by atoms with E-state index < -0.39 is 15.8 Å². The van der Waals surface area contributed by atoms with Crippen LogP contribution in [0.2, 0.25) is 5.02 Å². The number of hydrogen-bond donors (Lipinski definition) is 1. The fourth-order valence-electron chi connectivity index (χ4n) is 1.26. The third-order valence-electron chi connectivity index (χ3n) is 2.03. The number of anilines is 1. The van der Waals surface area contributed by atoms with Gasteiger partial charge in [-0.05, 0) is 25.1 Å². The minimum Gasteiger partial charge on any atom is -0.255 e. The molecule has 96 valence electrons. The van der Waals surface area contributed by atoms with Crippen LogP contribution in [0.4, 0.5) is 9.52 Å². The molecule has 4 nitrogen and oxygen atoms in total. The molecule has 0 amide bonds. The molecular formula is C10H8ClFN2O2S2. The Hall–Kier alpha value is -1.18. The Balaban J connectivity index is 2.36. The van der Waals surface area contributed by atoms with Crippen molar-refractivity contribution < 1.29 is 12.8 Å². The van der Waals surface area contributed by atoms with E-state index in [0.717, 1.165) is 23.1 Å². The summed E-state index contributed by atoms with van der Waals surface area (Å²) in [5, 5.41) is 0.0728. The summed E-state index contributed by atoms with van der Waals surface area (Å²) in [6.07, 6.45) is 1.55. The van der Waals surface area contributed by atoms with Crippen molar-refractivity contribution in [3.8, 4) is 0 Å². The van der Waals surface area contributed by atoms with Gasteiger partial charge in [0.05, 0.1) is 5.02 Å². The number of sulfonamides is 1.